The van der Waals surface area contributed by atoms with Crippen molar-refractivity contribution < 1.29 is 8.42 Å². The molecule has 0 saturated carbocycles. The number of hydrogen-bond donors (Lipinski definition) is 2. The van der Waals surface area contributed by atoms with Gasteiger partial charge < -0.3 is 5.73 Å². The Bertz CT molecular complexity index is 924. The Kier molecular flexibility index (Phi) is 3.44. The predicted molar refractivity (Wildman–Crippen MR) is 84.1 cm³/mol. The topological polar surface area (TPSA) is 98.0 Å². The fourth-order valence-corrected chi connectivity index (χ4v) is 3.68. The quantitative estimate of drug-likeness (QED) is 0.763. The van der Waals surface area contributed by atoms with Crippen molar-refractivity contribution in [2.24, 2.45) is 0 Å². The minimum atomic E-state index is -3.77. The first kappa shape index (κ1) is 14.1. The van der Waals surface area contributed by atoms with Crippen LogP contribution >= 0.6 is 22.9 Å². The predicted octanol–water partition coefficient (Wildman–Crippen LogP) is 2.73. The summed E-state index contributed by atoms with van der Waals surface area (Å²) in [6.07, 6.45) is 1.16. The summed E-state index contributed by atoms with van der Waals surface area (Å²) >= 11 is 7.23. The number of benzene rings is 1. The van der Waals surface area contributed by atoms with Crippen molar-refractivity contribution in [1.82, 2.24) is 9.97 Å². The maximum Gasteiger partial charge on any atom is 0.263 e. The Morgan fingerprint density at radius 3 is 2.81 bits per heavy atom. The molecular formula is C12H9ClN4O2S2. The second-order valence-electron chi connectivity index (χ2n) is 4.18. The van der Waals surface area contributed by atoms with Gasteiger partial charge in [0.05, 0.1) is 26.4 Å². The lowest BCUT2D eigenvalue weighted by Gasteiger charge is -2.08. The highest BCUT2D eigenvalue weighted by molar-refractivity contribution is 7.92. The molecule has 0 radical (unpaired) electrons. The third-order valence-electron chi connectivity index (χ3n) is 2.74. The van der Waals surface area contributed by atoms with Crippen molar-refractivity contribution in [2.75, 3.05) is 10.5 Å². The molecule has 9 heteroatoms. The number of pyridine rings is 1. The molecule has 3 N–H and O–H groups in total. The van der Waals surface area contributed by atoms with E-state index in [1.54, 1.807) is 23.7 Å². The normalized spacial score (nSPS) is 11.7. The van der Waals surface area contributed by atoms with Gasteiger partial charge >= 0.3 is 0 Å². The van der Waals surface area contributed by atoms with E-state index >= 15 is 0 Å². The monoisotopic (exact) mass is 340 g/mol. The van der Waals surface area contributed by atoms with Crippen LogP contribution in [0.5, 0.6) is 0 Å². The van der Waals surface area contributed by atoms with Crippen molar-refractivity contribution in [3.8, 4) is 0 Å². The molecule has 3 aromatic rings. The highest BCUT2D eigenvalue weighted by Gasteiger charge is 2.16. The van der Waals surface area contributed by atoms with Crippen LogP contribution in [0, 0.1) is 0 Å². The van der Waals surface area contributed by atoms with Crippen molar-refractivity contribution in [3.63, 3.8) is 0 Å². The van der Waals surface area contributed by atoms with E-state index in [4.69, 9.17) is 17.3 Å². The van der Waals surface area contributed by atoms with Crippen molar-refractivity contribution in [2.45, 2.75) is 4.90 Å². The molecule has 0 aliphatic heterocycles. The number of fused-ring (bicyclic) bond motifs is 1. The van der Waals surface area contributed by atoms with Gasteiger partial charge in [-0.3, -0.25) is 4.72 Å². The molecule has 21 heavy (non-hydrogen) atoms. The van der Waals surface area contributed by atoms with Crippen LogP contribution in [0.15, 0.2) is 40.9 Å². The minimum Gasteiger partial charge on any atom is -0.382 e. The van der Waals surface area contributed by atoms with Crippen LogP contribution in [0.1, 0.15) is 0 Å². The van der Waals surface area contributed by atoms with Gasteiger partial charge in [-0.15, -0.1) is 11.3 Å². The van der Waals surface area contributed by atoms with Crippen molar-refractivity contribution in [3.05, 3.63) is 41.0 Å². The summed E-state index contributed by atoms with van der Waals surface area (Å²) in [5, 5.41) is 0.0933. The second-order valence-corrected chi connectivity index (χ2v) is 7.15. The lowest BCUT2D eigenvalue weighted by molar-refractivity contribution is 0.601. The highest BCUT2D eigenvalue weighted by Crippen LogP contribution is 2.25. The number of rotatable bonds is 3. The van der Waals surface area contributed by atoms with Crippen molar-refractivity contribution >= 4 is 54.7 Å². The summed E-state index contributed by atoms with van der Waals surface area (Å²) in [5.74, 6) is 0.0849. The smallest absolute Gasteiger partial charge is 0.263 e. The summed E-state index contributed by atoms with van der Waals surface area (Å²) in [6.45, 7) is 0. The lowest BCUT2D eigenvalue weighted by atomic mass is 10.3. The Hall–Kier alpha value is -1.90. The van der Waals surface area contributed by atoms with E-state index in [1.807, 2.05) is 0 Å². The first-order valence-corrected chi connectivity index (χ1v) is 8.47. The molecule has 0 amide bonds. The number of nitrogens with zero attached hydrogens (tertiary/aromatic N) is 2. The van der Waals surface area contributed by atoms with Crippen LogP contribution < -0.4 is 10.5 Å². The van der Waals surface area contributed by atoms with E-state index < -0.39 is 10.0 Å². The van der Waals surface area contributed by atoms with Crippen LogP contribution in [-0.4, -0.2) is 18.4 Å². The summed E-state index contributed by atoms with van der Waals surface area (Å²) < 4.78 is 27.9. The SMILES string of the molecule is Nc1ncc(S(=O)(=O)Nc2ccc3ncsc3c2)cc1Cl. The molecule has 6 nitrogen and oxygen atoms in total. The Morgan fingerprint density at radius 1 is 1.24 bits per heavy atom. The number of aromatic nitrogens is 2. The fraction of sp³-hybridized carbons (Fsp3) is 0. The zero-order valence-corrected chi connectivity index (χ0v) is 12.8. The number of anilines is 2. The molecule has 0 aliphatic rings. The van der Waals surface area contributed by atoms with Gasteiger partial charge in [0.2, 0.25) is 0 Å². The number of hydrogen-bond acceptors (Lipinski definition) is 6. The highest BCUT2D eigenvalue weighted by atomic mass is 35.5. The van der Waals surface area contributed by atoms with Crippen LogP contribution in [0.4, 0.5) is 11.5 Å². The number of halogens is 1. The van der Waals surface area contributed by atoms with Gasteiger partial charge in [0, 0.05) is 6.20 Å². The molecule has 0 fully saturated rings. The molecular weight excluding hydrogens is 332 g/mol. The lowest BCUT2D eigenvalue weighted by Crippen LogP contribution is -2.13. The molecule has 2 heterocycles. The molecule has 0 spiro atoms. The summed E-state index contributed by atoms with van der Waals surface area (Å²) in [6, 6.07) is 6.37. The van der Waals surface area contributed by atoms with Gasteiger partial charge in [0.25, 0.3) is 10.0 Å². The van der Waals surface area contributed by atoms with E-state index in [9.17, 15) is 8.42 Å². The first-order chi connectivity index (χ1) is 9.95. The zero-order valence-electron chi connectivity index (χ0n) is 10.4. The molecule has 3 rings (SSSR count). The van der Waals surface area contributed by atoms with E-state index in [0.717, 1.165) is 16.4 Å². The van der Waals surface area contributed by atoms with Crippen LogP contribution in [0.2, 0.25) is 5.02 Å². The fourth-order valence-electron chi connectivity index (χ4n) is 1.71. The van der Waals surface area contributed by atoms with E-state index in [1.165, 1.54) is 17.4 Å². The average Bonchev–Trinajstić information content (AvgIpc) is 2.88. The van der Waals surface area contributed by atoms with E-state index in [2.05, 4.69) is 14.7 Å². The van der Waals surface area contributed by atoms with Gasteiger partial charge in [-0.25, -0.2) is 18.4 Å². The molecule has 0 atom stereocenters. The van der Waals surface area contributed by atoms with Gasteiger partial charge in [0.15, 0.2) is 0 Å². The van der Waals surface area contributed by atoms with Gasteiger partial charge in [-0.2, -0.15) is 0 Å². The molecule has 0 bridgehead atoms. The number of nitrogens with one attached hydrogen (secondary N) is 1. The van der Waals surface area contributed by atoms with Crippen LogP contribution in [0.3, 0.4) is 0 Å². The van der Waals surface area contributed by atoms with E-state index in [-0.39, 0.29) is 15.7 Å². The number of nitrogens with two attached hydrogens (primary N) is 1. The third-order valence-corrected chi connectivity index (χ3v) is 5.18. The number of thiazole rings is 1. The second kappa shape index (κ2) is 5.14. The average molecular weight is 341 g/mol. The van der Waals surface area contributed by atoms with Crippen LogP contribution in [-0.2, 0) is 10.0 Å². The molecule has 108 valence electrons. The van der Waals surface area contributed by atoms with E-state index in [0.29, 0.717) is 5.69 Å². The Morgan fingerprint density at radius 2 is 2.05 bits per heavy atom. The molecule has 0 aliphatic carbocycles. The number of nitrogen functional groups attached to an aromatic ring is 1. The first-order valence-electron chi connectivity index (χ1n) is 5.73. The summed E-state index contributed by atoms with van der Waals surface area (Å²) in [5.41, 5.74) is 8.44. The Balaban J connectivity index is 1.96. The summed E-state index contributed by atoms with van der Waals surface area (Å²) in [7, 11) is -3.77. The van der Waals surface area contributed by atoms with Gasteiger partial charge in [0.1, 0.15) is 10.7 Å². The molecule has 0 unspecified atom stereocenters. The standard InChI is InChI=1S/C12H9ClN4O2S2/c13-9-4-8(5-15-12(9)14)21(18,19)17-7-1-2-10-11(3-7)20-6-16-10/h1-6,17H,(H2,14,15). The van der Waals surface area contributed by atoms with Crippen molar-refractivity contribution in [1.29, 1.82) is 0 Å². The maximum absolute atomic E-state index is 12.3. The summed E-state index contributed by atoms with van der Waals surface area (Å²) in [4.78, 5) is 7.83. The zero-order chi connectivity index (χ0) is 15.0. The van der Waals surface area contributed by atoms with Gasteiger partial charge in [-0.05, 0) is 24.3 Å². The Labute approximate surface area is 129 Å². The maximum atomic E-state index is 12.3. The minimum absolute atomic E-state index is 0.0499. The largest absolute Gasteiger partial charge is 0.382 e. The van der Waals surface area contributed by atoms with Crippen LogP contribution in [0.25, 0.3) is 10.2 Å². The molecule has 2 aromatic heterocycles. The third kappa shape index (κ3) is 2.78. The molecule has 1 aromatic carbocycles. The number of sulfonamides is 1. The van der Waals surface area contributed by atoms with Gasteiger partial charge in [-0.1, -0.05) is 11.6 Å². The molecule has 0 saturated heterocycles.